The third kappa shape index (κ3) is 4.52. The molecule has 1 aromatic heterocycles. The zero-order valence-corrected chi connectivity index (χ0v) is 16.3. The molecule has 7 nitrogen and oxygen atoms in total. The molecule has 8 heteroatoms. The first-order valence-corrected chi connectivity index (χ1v) is 9.68. The van der Waals surface area contributed by atoms with Gasteiger partial charge in [-0.2, -0.15) is 0 Å². The number of nitrogens with one attached hydrogen (secondary N) is 2. The van der Waals surface area contributed by atoms with Crippen LogP contribution in [0.15, 0.2) is 54.6 Å². The van der Waals surface area contributed by atoms with E-state index in [1.165, 1.54) is 23.5 Å². The molecule has 0 radical (unpaired) electrons. The highest BCUT2D eigenvalue weighted by molar-refractivity contribution is 7.18. The van der Waals surface area contributed by atoms with Gasteiger partial charge in [0.15, 0.2) is 5.13 Å². The molecule has 0 saturated carbocycles. The van der Waals surface area contributed by atoms with Gasteiger partial charge in [-0.1, -0.05) is 36.5 Å². The summed E-state index contributed by atoms with van der Waals surface area (Å²) in [5.41, 5.74) is 1.83. The van der Waals surface area contributed by atoms with Crippen molar-refractivity contribution in [3.05, 3.63) is 69.6 Å². The van der Waals surface area contributed by atoms with Crippen LogP contribution in [-0.4, -0.2) is 21.9 Å². The number of para-hydroxylation sites is 1. The smallest absolute Gasteiger partial charge is 0.269 e. The Balaban J connectivity index is 1.96. The lowest BCUT2D eigenvalue weighted by atomic mass is 10.1. The number of hydrogen-bond donors (Lipinski definition) is 2. The molecule has 0 bridgehead atoms. The summed E-state index contributed by atoms with van der Waals surface area (Å²) in [5.74, 6) is -0.269. The van der Waals surface area contributed by atoms with E-state index in [9.17, 15) is 14.9 Å². The summed E-state index contributed by atoms with van der Waals surface area (Å²) < 4.78 is 0. The Labute approximate surface area is 166 Å². The molecule has 0 unspecified atom stereocenters. The summed E-state index contributed by atoms with van der Waals surface area (Å²) in [4.78, 5) is 28.4. The average molecular weight is 396 g/mol. The number of aromatic nitrogens is 1. The third-order valence-electron chi connectivity index (χ3n) is 4.20. The second kappa shape index (κ2) is 8.62. The first-order chi connectivity index (χ1) is 13.5. The van der Waals surface area contributed by atoms with Gasteiger partial charge in [0, 0.05) is 29.4 Å². The monoisotopic (exact) mass is 396 g/mol. The number of amides is 1. The van der Waals surface area contributed by atoms with E-state index < -0.39 is 4.92 Å². The van der Waals surface area contributed by atoms with Crippen LogP contribution in [-0.2, 0) is 0 Å². The first-order valence-electron chi connectivity index (χ1n) is 8.86. The van der Waals surface area contributed by atoms with Gasteiger partial charge in [0.05, 0.1) is 10.6 Å². The number of non-ortho nitro benzene ring substituents is 1. The topological polar surface area (TPSA) is 97.2 Å². The van der Waals surface area contributed by atoms with Gasteiger partial charge < -0.3 is 10.6 Å². The minimum atomic E-state index is -0.455. The fourth-order valence-electron chi connectivity index (χ4n) is 2.49. The molecule has 0 aliphatic carbocycles. The van der Waals surface area contributed by atoms with Crippen molar-refractivity contribution in [2.24, 2.45) is 0 Å². The van der Waals surface area contributed by atoms with E-state index in [1.54, 1.807) is 12.1 Å². The summed E-state index contributed by atoms with van der Waals surface area (Å²) >= 11 is 1.27. The Kier molecular flexibility index (Phi) is 6.00. The zero-order valence-electron chi connectivity index (χ0n) is 15.5. The first kappa shape index (κ1) is 19.5. The molecule has 144 valence electrons. The van der Waals surface area contributed by atoms with Gasteiger partial charge in [-0.25, -0.2) is 4.98 Å². The molecular formula is C20H20N4O3S. The van der Waals surface area contributed by atoms with Gasteiger partial charge in [-0.3, -0.25) is 14.9 Å². The van der Waals surface area contributed by atoms with Gasteiger partial charge in [0.1, 0.15) is 4.88 Å². The Morgan fingerprint density at radius 2 is 1.86 bits per heavy atom. The fourth-order valence-corrected chi connectivity index (χ4v) is 3.49. The molecule has 2 N–H and O–H groups in total. The molecule has 0 fully saturated rings. The third-order valence-corrected chi connectivity index (χ3v) is 5.18. The highest BCUT2D eigenvalue weighted by Crippen LogP contribution is 2.33. The van der Waals surface area contributed by atoms with Crippen LogP contribution < -0.4 is 10.6 Å². The lowest BCUT2D eigenvalue weighted by molar-refractivity contribution is -0.384. The van der Waals surface area contributed by atoms with Gasteiger partial charge in [0.2, 0.25) is 0 Å². The molecule has 1 amide bonds. The molecule has 1 atom stereocenters. The minimum absolute atomic E-state index is 0.00720. The van der Waals surface area contributed by atoms with Gasteiger partial charge in [-0.05, 0) is 37.6 Å². The van der Waals surface area contributed by atoms with Crippen LogP contribution in [0.3, 0.4) is 0 Å². The van der Waals surface area contributed by atoms with Gasteiger partial charge in [-0.15, -0.1) is 0 Å². The second-order valence-corrected chi connectivity index (χ2v) is 7.27. The molecule has 3 rings (SSSR count). The maximum absolute atomic E-state index is 12.9. The number of nitrogens with zero attached hydrogens (tertiary/aromatic N) is 2. The number of nitro groups is 1. The number of nitro benzene ring substituents is 1. The normalized spacial score (nSPS) is 11.6. The highest BCUT2D eigenvalue weighted by Gasteiger charge is 2.21. The highest BCUT2D eigenvalue weighted by atomic mass is 32.1. The number of carbonyl (C=O) groups is 1. The quantitative estimate of drug-likeness (QED) is 0.423. The molecular weight excluding hydrogens is 376 g/mol. The van der Waals surface area contributed by atoms with Crippen LogP contribution >= 0.6 is 11.3 Å². The molecule has 0 aliphatic heterocycles. The summed E-state index contributed by atoms with van der Waals surface area (Å²) in [6, 6.07) is 15.4. The van der Waals surface area contributed by atoms with E-state index in [0.29, 0.717) is 27.0 Å². The molecule has 3 aromatic rings. The van der Waals surface area contributed by atoms with Crippen molar-refractivity contribution >= 4 is 33.8 Å². The van der Waals surface area contributed by atoms with Crippen molar-refractivity contribution in [1.82, 2.24) is 4.98 Å². The van der Waals surface area contributed by atoms with Crippen molar-refractivity contribution in [1.29, 1.82) is 0 Å². The van der Waals surface area contributed by atoms with E-state index in [-0.39, 0.29) is 17.6 Å². The van der Waals surface area contributed by atoms with Crippen LogP contribution in [0.2, 0.25) is 0 Å². The Bertz CT molecular complexity index is 971. The van der Waals surface area contributed by atoms with Crippen LogP contribution in [0.1, 0.15) is 29.9 Å². The van der Waals surface area contributed by atoms with E-state index in [2.05, 4.69) is 22.5 Å². The number of hydrogen-bond acceptors (Lipinski definition) is 6. The van der Waals surface area contributed by atoms with Crippen LogP contribution in [0.25, 0.3) is 11.3 Å². The number of thiazole rings is 1. The molecule has 0 spiro atoms. The number of benzene rings is 2. The van der Waals surface area contributed by atoms with Crippen molar-refractivity contribution in [3.8, 4) is 11.3 Å². The molecule has 0 aliphatic rings. The average Bonchev–Trinajstić information content (AvgIpc) is 3.12. The Morgan fingerprint density at radius 3 is 2.46 bits per heavy atom. The maximum atomic E-state index is 12.9. The number of anilines is 2. The van der Waals surface area contributed by atoms with Crippen molar-refractivity contribution in [2.75, 3.05) is 10.6 Å². The van der Waals surface area contributed by atoms with Crippen molar-refractivity contribution in [3.63, 3.8) is 0 Å². The van der Waals surface area contributed by atoms with Crippen LogP contribution in [0.5, 0.6) is 0 Å². The lowest BCUT2D eigenvalue weighted by Crippen LogP contribution is -2.12. The van der Waals surface area contributed by atoms with E-state index in [0.717, 1.165) is 6.42 Å². The SMILES string of the molecule is CC[C@H](C)Nc1nc(-c2ccc([N+](=O)[O-])cc2)c(C(=O)Nc2ccccc2)s1. The Hall–Kier alpha value is -3.26. The predicted octanol–water partition coefficient (Wildman–Crippen LogP) is 5.18. The predicted molar refractivity (Wildman–Crippen MR) is 112 cm³/mol. The van der Waals surface area contributed by atoms with E-state index in [1.807, 2.05) is 37.3 Å². The van der Waals surface area contributed by atoms with Crippen LogP contribution in [0, 0.1) is 10.1 Å². The standard InChI is InChI=1S/C20H20N4O3S/c1-3-13(2)21-20-23-17(14-9-11-16(12-10-14)24(26)27)18(28-20)19(25)22-15-7-5-4-6-8-15/h4-13H,3H2,1-2H3,(H,21,23)(H,22,25)/t13-/m0/s1. The minimum Gasteiger partial charge on any atom is -0.359 e. The molecule has 2 aromatic carbocycles. The van der Waals surface area contributed by atoms with Gasteiger partial charge in [0.25, 0.3) is 11.6 Å². The number of carbonyl (C=O) groups excluding carboxylic acids is 1. The second-order valence-electron chi connectivity index (χ2n) is 6.27. The largest absolute Gasteiger partial charge is 0.359 e. The summed E-state index contributed by atoms with van der Waals surface area (Å²) in [6.07, 6.45) is 0.915. The van der Waals surface area contributed by atoms with E-state index in [4.69, 9.17) is 0 Å². The fraction of sp³-hybridized carbons (Fsp3) is 0.200. The van der Waals surface area contributed by atoms with Crippen molar-refractivity contribution in [2.45, 2.75) is 26.3 Å². The molecule has 0 saturated heterocycles. The lowest BCUT2D eigenvalue weighted by Gasteiger charge is -2.08. The zero-order chi connectivity index (χ0) is 20.1. The summed E-state index contributed by atoms with van der Waals surface area (Å²) in [5, 5.41) is 17.7. The van der Waals surface area contributed by atoms with Crippen LogP contribution in [0.4, 0.5) is 16.5 Å². The molecule has 1 heterocycles. The van der Waals surface area contributed by atoms with E-state index >= 15 is 0 Å². The summed E-state index contributed by atoms with van der Waals surface area (Å²) in [6.45, 7) is 4.10. The van der Waals surface area contributed by atoms with Gasteiger partial charge >= 0.3 is 0 Å². The van der Waals surface area contributed by atoms with Crippen molar-refractivity contribution < 1.29 is 9.72 Å². The Morgan fingerprint density at radius 1 is 1.18 bits per heavy atom. The number of rotatable bonds is 7. The maximum Gasteiger partial charge on any atom is 0.269 e. The molecule has 28 heavy (non-hydrogen) atoms. The summed E-state index contributed by atoms with van der Waals surface area (Å²) in [7, 11) is 0.